The van der Waals surface area contributed by atoms with Crippen LogP contribution >= 0.6 is 11.3 Å². The first-order valence-corrected chi connectivity index (χ1v) is 22.6. The summed E-state index contributed by atoms with van der Waals surface area (Å²) in [5.74, 6) is -3.63. The molecule has 63 heavy (non-hydrogen) atoms. The highest BCUT2D eigenvalue weighted by atomic mass is 32.1. The van der Waals surface area contributed by atoms with Crippen molar-refractivity contribution in [1.29, 1.82) is 5.26 Å². The Morgan fingerprint density at radius 3 is 2.49 bits per heavy atom. The van der Waals surface area contributed by atoms with Gasteiger partial charge in [-0.05, 0) is 108 Å². The minimum Gasteiger partial charge on any atom is -0.386 e. The number of carbonyl (C=O) groups excluding carboxylic acids is 3. The van der Waals surface area contributed by atoms with Crippen molar-refractivity contribution in [2.24, 2.45) is 18.4 Å². The number of alkyl halides is 2. The van der Waals surface area contributed by atoms with Gasteiger partial charge in [-0.3, -0.25) is 38.7 Å². The van der Waals surface area contributed by atoms with E-state index in [2.05, 4.69) is 20.5 Å². The average molecular weight is 880 g/mol. The number of piperidine rings is 3. The Labute approximate surface area is 366 Å². The third-order valence-corrected chi connectivity index (χ3v) is 15.2. The number of aromatic nitrogens is 4. The van der Waals surface area contributed by atoms with Gasteiger partial charge in [-0.2, -0.15) is 5.26 Å². The molecule has 14 nitrogen and oxygen atoms in total. The van der Waals surface area contributed by atoms with Crippen LogP contribution in [0.5, 0.6) is 0 Å². The number of rotatable bonds is 8. The third kappa shape index (κ3) is 7.90. The van der Waals surface area contributed by atoms with E-state index in [4.69, 9.17) is 4.98 Å². The monoisotopic (exact) mass is 879 g/mol. The second kappa shape index (κ2) is 16.2. The summed E-state index contributed by atoms with van der Waals surface area (Å²) in [7, 11) is 1.66. The van der Waals surface area contributed by atoms with Crippen molar-refractivity contribution in [3.8, 4) is 6.07 Å². The summed E-state index contributed by atoms with van der Waals surface area (Å²) in [4.78, 5) is 64.3. The van der Waals surface area contributed by atoms with Gasteiger partial charge in [0.1, 0.15) is 12.1 Å². The molecular weight excluding hydrogens is 829 g/mol. The van der Waals surface area contributed by atoms with Crippen LogP contribution in [0.15, 0.2) is 53.6 Å². The summed E-state index contributed by atoms with van der Waals surface area (Å²) >= 11 is 1.57. The smallest absolute Gasteiger partial charge is 0.329 e. The summed E-state index contributed by atoms with van der Waals surface area (Å²) in [6.45, 7) is 5.15. The van der Waals surface area contributed by atoms with Crippen LogP contribution < -0.4 is 21.2 Å². The van der Waals surface area contributed by atoms with Crippen molar-refractivity contribution in [2.75, 3.05) is 42.9 Å². The molecule has 5 aromatic rings. The third-order valence-electron chi connectivity index (χ3n) is 14.1. The number of hydrogen-bond donors (Lipinski definition) is 3. The molecule has 4 fully saturated rings. The first-order valence-electron chi connectivity index (χ1n) is 21.8. The normalized spacial score (nSPS) is 22.9. The van der Waals surface area contributed by atoms with Gasteiger partial charge < -0.3 is 15.3 Å². The molecule has 17 heteroatoms. The van der Waals surface area contributed by atoms with Crippen LogP contribution in [-0.2, 0) is 22.2 Å². The highest BCUT2D eigenvalue weighted by Gasteiger charge is 2.57. The largest absolute Gasteiger partial charge is 0.386 e. The molecule has 1 atom stereocenters. The number of imide groups is 1. The number of aryl methyl sites for hydroxylation is 1. The lowest BCUT2D eigenvalue weighted by Gasteiger charge is -2.52. The molecule has 3 amide bonds. The highest BCUT2D eigenvalue weighted by Crippen LogP contribution is 2.52. The Morgan fingerprint density at radius 2 is 1.79 bits per heavy atom. The summed E-state index contributed by atoms with van der Waals surface area (Å²) in [6.07, 6.45) is 7.85. The van der Waals surface area contributed by atoms with Gasteiger partial charge in [0.2, 0.25) is 11.8 Å². The maximum absolute atomic E-state index is 16.4. The second-order valence-electron chi connectivity index (χ2n) is 18.5. The van der Waals surface area contributed by atoms with Crippen molar-refractivity contribution in [2.45, 2.75) is 95.1 Å². The predicted molar refractivity (Wildman–Crippen MR) is 235 cm³/mol. The number of nitrogens with zero attached hydrogens (tertiary/aromatic N) is 7. The van der Waals surface area contributed by atoms with Crippen molar-refractivity contribution in [3.63, 3.8) is 0 Å². The van der Waals surface area contributed by atoms with Gasteiger partial charge in [0.15, 0.2) is 0 Å². The highest BCUT2D eigenvalue weighted by molar-refractivity contribution is 7.18. The zero-order valence-electron chi connectivity index (χ0n) is 35.6. The molecule has 1 saturated carbocycles. The molecule has 1 unspecified atom stereocenters. The van der Waals surface area contributed by atoms with E-state index in [1.165, 1.54) is 27.6 Å². The van der Waals surface area contributed by atoms with Gasteiger partial charge in [-0.15, -0.1) is 11.3 Å². The van der Waals surface area contributed by atoms with E-state index in [1.54, 1.807) is 38.3 Å². The molecule has 0 bridgehead atoms. The molecule has 9 rings (SSSR count). The Kier molecular flexibility index (Phi) is 11.0. The molecule has 3 aliphatic heterocycles. The minimum atomic E-state index is -2.86. The number of pyridine rings is 1. The molecule has 1 spiro atoms. The second-order valence-corrected chi connectivity index (χ2v) is 19.6. The van der Waals surface area contributed by atoms with Crippen LogP contribution in [0.2, 0.25) is 0 Å². The number of nitriles is 1. The topological polar surface area (TPSA) is 178 Å². The van der Waals surface area contributed by atoms with Gasteiger partial charge in [0.05, 0.1) is 55.2 Å². The molecule has 2 aromatic carbocycles. The van der Waals surface area contributed by atoms with E-state index in [0.29, 0.717) is 73.6 Å². The fourth-order valence-electron chi connectivity index (χ4n) is 10.5. The van der Waals surface area contributed by atoms with E-state index in [-0.39, 0.29) is 48.0 Å². The SMILES string of the molecule is Cn1c(=O)n(C2CCC(=O)NC2=O)c2cccc(N3CCC4(CCN(CC5CCC(c6nc7cc(C(C)(C)O)c(NC(=O)c8cncc(C#N)c8)cc7s6)CC5)CC4(F)F)CC3)c21. The van der Waals surface area contributed by atoms with Crippen LogP contribution in [0.4, 0.5) is 20.2 Å². The fourth-order valence-corrected chi connectivity index (χ4v) is 11.6. The molecule has 4 aliphatic rings. The predicted octanol–water partition coefficient (Wildman–Crippen LogP) is 6.58. The molecule has 3 saturated heterocycles. The number of imidazole rings is 1. The number of thiazole rings is 1. The number of halogens is 2. The van der Waals surface area contributed by atoms with Gasteiger partial charge >= 0.3 is 5.69 Å². The van der Waals surface area contributed by atoms with E-state index < -0.39 is 34.8 Å². The number of hydrogen-bond acceptors (Lipinski definition) is 11. The Morgan fingerprint density at radius 1 is 1.05 bits per heavy atom. The number of fused-ring (bicyclic) bond motifs is 2. The van der Waals surface area contributed by atoms with Crippen molar-refractivity contribution < 1.29 is 28.3 Å². The van der Waals surface area contributed by atoms with Gasteiger partial charge in [0, 0.05) is 68.1 Å². The molecule has 330 valence electrons. The molecule has 3 N–H and O–H groups in total. The van der Waals surface area contributed by atoms with E-state index >= 15 is 8.78 Å². The summed E-state index contributed by atoms with van der Waals surface area (Å²) in [5.41, 5.74) is 1.49. The minimum absolute atomic E-state index is 0.146. The lowest BCUT2D eigenvalue weighted by Crippen LogP contribution is -2.59. The number of anilines is 2. The molecule has 1 aliphatic carbocycles. The summed E-state index contributed by atoms with van der Waals surface area (Å²) in [5, 5.41) is 26.6. The van der Waals surface area contributed by atoms with Crippen LogP contribution in [-0.4, -0.2) is 85.5 Å². The van der Waals surface area contributed by atoms with Gasteiger partial charge in [-0.25, -0.2) is 18.6 Å². The number of para-hydroxylation sites is 1. The lowest BCUT2D eigenvalue weighted by atomic mass is 9.68. The molecular formula is C46H51F2N9O5S. The van der Waals surface area contributed by atoms with E-state index in [0.717, 1.165) is 46.6 Å². The van der Waals surface area contributed by atoms with Crippen LogP contribution in [0.25, 0.3) is 21.3 Å². The number of benzene rings is 2. The number of likely N-dealkylation sites (tertiary alicyclic amines) is 1. The van der Waals surface area contributed by atoms with Crippen LogP contribution in [0, 0.1) is 22.7 Å². The van der Waals surface area contributed by atoms with Crippen LogP contribution in [0.3, 0.4) is 0 Å². The van der Waals surface area contributed by atoms with E-state index in [9.17, 15) is 29.5 Å². The Hall–Kier alpha value is -5.57. The van der Waals surface area contributed by atoms with Crippen LogP contribution in [0.1, 0.15) is 110 Å². The first kappa shape index (κ1) is 42.7. The van der Waals surface area contributed by atoms with Crippen molar-refractivity contribution in [3.05, 3.63) is 81.0 Å². The zero-order valence-corrected chi connectivity index (χ0v) is 36.4. The Bertz CT molecular complexity index is 2730. The maximum Gasteiger partial charge on any atom is 0.329 e. The van der Waals surface area contributed by atoms with E-state index in [1.807, 2.05) is 35.2 Å². The number of aliphatic hydroxyl groups is 1. The number of amides is 3. The van der Waals surface area contributed by atoms with Gasteiger partial charge in [-0.1, -0.05) is 6.07 Å². The summed E-state index contributed by atoms with van der Waals surface area (Å²) in [6, 6.07) is 11.9. The Balaban J connectivity index is 0.818. The lowest BCUT2D eigenvalue weighted by molar-refractivity contribution is -0.179. The average Bonchev–Trinajstić information content (AvgIpc) is 3.79. The molecule has 3 aromatic heterocycles. The summed E-state index contributed by atoms with van der Waals surface area (Å²) < 4.78 is 36.6. The van der Waals surface area contributed by atoms with Crippen molar-refractivity contribution in [1.82, 2.24) is 29.3 Å². The molecule has 6 heterocycles. The first-order chi connectivity index (χ1) is 30.0. The van der Waals surface area contributed by atoms with Gasteiger partial charge in [0.25, 0.3) is 11.8 Å². The number of carbonyl (C=O) groups is 3. The zero-order chi connectivity index (χ0) is 44.4. The quantitative estimate of drug-likeness (QED) is 0.144. The van der Waals surface area contributed by atoms with Crippen molar-refractivity contribution >= 4 is 61.7 Å². The standard InChI is InChI=1S/C46H51F2N9O5S/c1-44(2,62)31-20-33-37(21-32(31)51-40(59)30-19-28(22-49)23-50-24-30)63-42(52-33)29-9-7-27(8-10-29)25-55-16-13-45(46(47,48)26-55)14-17-56(18-15-45)34-5-4-6-35-39(34)54(3)43(61)57(35)36-11-12-38(58)53-41(36)60/h4-6,19-21,23-24,27,29,36,62H,7-18,25-26H2,1-3H3,(H,51,59)(H,53,58,60). The molecule has 0 radical (unpaired) electrons. The fraction of sp³-hybridized carbons (Fsp3) is 0.500. The maximum atomic E-state index is 16.4. The number of nitrogens with one attached hydrogen (secondary N) is 2.